The number of alkyl halides is 6. The van der Waals surface area contributed by atoms with Crippen LogP contribution in [0.3, 0.4) is 0 Å². The van der Waals surface area contributed by atoms with Gasteiger partial charge in [-0.2, -0.15) is 26.3 Å². The highest BCUT2D eigenvalue weighted by Gasteiger charge is 2.45. The molecule has 8 heteroatoms. The molecule has 0 amide bonds. The lowest BCUT2D eigenvalue weighted by atomic mass is 9.71. The van der Waals surface area contributed by atoms with Crippen LogP contribution in [0.15, 0.2) is 12.1 Å². The number of aromatic hydroxyl groups is 2. The van der Waals surface area contributed by atoms with Crippen LogP contribution in [-0.4, -0.2) is 10.2 Å². The van der Waals surface area contributed by atoms with Crippen molar-refractivity contribution >= 4 is 0 Å². The molecule has 0 saturated carbocycles. The van der Waals surface area contributed by atoms with Crippen LogP contribution >= 0.6 is 0 Å². The van der Waals surface area contributed by atoms with Gasteiger partial charge < -0.3 is 10.2 Å². The van der Waals surface area contributed by atoms with E-state index in [1.165, 1.54) is 41.5 Å². The standard InChI is InChI=1S/C21H22F6O2/c1-9-11(3)17(20(22,23)24)13(7-15(9)28)19(5,6)14-8-16(29)10(2)12(4)18(14)21(25,26)27/h7-8,28-29H,1-6H3. The first-order valence-corrected chi connectivity index (χ1v) is 8.74. The molecule has 0 atom stereocenters. The Kier molecular flexibility index (Phi) is 5.41. The predicted octanol–water partition coefficient (Wildman–Crippen LogP) is 6.69. The SMILES string of the molecule is Cc1c(O)cc(C(C)(C)c2cc(O)c(C)c(C)c2C(F)(F)F)c(C(F)(F)F)c1C. The third-order valence-electron chi connectivity index (χ3n) is 5.66. The molecule has 0 spiro atoms. The molecule has 2 aromatic carbocycles. The van der Waals surface area contributed by atoms with Crippen molar-refractivity contribution in [2.24, 2.45) is 0 Å². The number of hydrogen-bond donors (Lipinski definition) is 2. The van der Waals surface area contributed by atoms with E-state index in [-0.39, 0.29) is 22.3 Å². The summed E-state index contributed by atoms with van der Waals surface area (Å²) in [5.74, 6) is -0.889. The fourth-order valence-corrected chi connectivity index (χ4v) is 3.66. The van der Waals surface area contributed by atoms with Crippen molar-refractivity contribution in [1.29, 1.82) is 0 Å². The van der Waals surface area contributed by atoms with Gasteiger partial charge in [0, 0.05) is 5.41 Å². The van der Waals surface area contributed by atoms with Crippen molar-refractivity contribution < 1.29 is 36.6 Å². The summed E-state index contributed by atoms with van der Waals surface area (Å²) in [4.78, 5) is 0. The number of hydrogen-bond acceptors (Lipinski definition) is 2. The lowest BCUT2D eigenvalue weighted by molar-refractivity contribution is -0.139. The van der Waals surface area contributed by atoms with Gasteiger partial charge in [-0.1, -0.05) is 13.8 Å². The largest absolute Gasteiger partial charge is 0.508 e. The van der Waals surface area contributed by atoms with Gasteiger partial charge >= 0.3 is 12.4 Å². The molecule has 160 valence electrons. The zero-order valence-corrected chi connectivity index (χ0v) is 16.8. The molecule has 2 nitrogen and oxygen atoms in total. The minimum Gasteiger partial charge on any atom is -0.508 e. The van der Waals surface area contributed by atoms with E-state index in [4.69, 9.17) is 0 Å². The highest BCUT2D eigenvalue weighted by Crippen LogP contribution is 2.49. The van der Waals surface area contributed by atoms with Crippen molar-refractivity contribution in [3.05, 3.63) is 56.6 Å². The molecular weight excluding hydrogens is 398 g/mol. The second kappa shape index (κ2) is 6.85. The third kappa shape index (κ3) is 3.76. The summed E-state index contributed by atoms with van der Waals surface area (Å²) in [5, 5.41) is 20.2. The van der Waals surface area contributed by atoms with Gasteiger partial charge in [0.05, 0.1) is 11.1 Å². The topological polar surface area (TPSA) is 40.5 Å². The second-order valence-corrected chi connectivity index (χ2v) is 7.76. The predicted molar refractivity (Wildman–Crippen MR) is 97.3 cm³/mol. The number of benzene rings is 2. The van der Waals surface area contributed by atoms with Crippen molar-refractivity contribution in [2.45, 2.75) is 59.3 Å². The van der Waals surface area contributed by atoms with Crippen LogP contribution in [0, 0.1) is 27.7 Å². The molecule has 0 heterocycles. The number of halogens is 6. The Morgan fingerprint density at radius 1 is 0.586 bits per heavy atom. The molecule has 0 radical (unpaired) electrons. The molecule has 0 saturated heterocycles. The first kappa shape index (κ1) is 22.9. The van der Waals surface area contributed by atoms with Crippen LogP contribution in [0.25, 0.3) is 0 Å². The van der Waals surface area contributed by atoms with Gasteiger partial charge in [-0.05, 0) is 73.2 Å². The molecule has 0 aliphatic rings. The molecule has 2 aromatic rings. The van der Waals surface area contributed by atoms with Gasteiger partial charge in [-0.25, -0.2) is 0 Å². The maximum atomic E-state index is 13.9. The Labute approximate surface area is 164 Å². The monoisotopic (exact) mass is 420 g/mol. The molecule has 0 aliphatic heterocycles. The molecule has 0 aromatic heterocycles. The van der Waals surface area contributed by atoms with E-state index in [0.29, 0.717) is 0 Å². The molecule has 29 heavy (non-hydrogen) atoms. The molecule has 0 fully saturated rings. The number of phenols is 2. The van der Waals surface area contributed by atoms with E-state index in [1.807, 2.05) is 0 Å². The maximum Gasteiger partial charge on any atom is 0.416 e. The first-order valence-electron chi connectivity index (χ1n) is 8.74. The van der Waals surface area contributed by atoms with Crippen LogP contribution in [0.2, 0.25) is 0 Å². The molecule has 2 rings (SSSR count). The lowest BCUT2D eigenvalue weighted by Gasteiger charge is -2.34. The Morgan fingerprint density at radius 3 is 1.10 bits per heavy atom. The van der Waals surface area contributed by atoms with Crippen LogP contribution in [0.4, 0.5) is 26.3 Å². The van der Waals surface area contributed by atoms with E-state index < -0.39 is 51.5 Å². The quantitative estimate of drug-likeness (QED) is 0.531. The summed E-state index contributed by atoms with van der Waals surface area (Å²) >= 11 is 0. The van der Waals surface area contributed by atoms with Crippen molar-refractivity contribution in [3.8, 4) is 11.5 Å². The van der Waals surface area contributed by atoms with E-state index in [0.717, 1.165) is 12.1 Å². The van der Waals surface area contributed by atoms with Crippen molar-refractivity contribution in [3.63, 3.8) is 0 Å². The fraction of sp³-hybridized carbons (Fsp3) is 0.429. The fourth-order valence-electron chi connectivity index (χ4n) is 3.66. The molecule has 0 unspecified atom stereocenters. The Hall–Kier alpha value is -2.38. The average molecular weight is 420 g/mol. The third-order valence-corrected chi connectivity index (χ3v) is 5.66. The molecule has 2 N–H and O–H groups in total. The summed E-state index contributed by atoms with van der Waals surface area (Å²) in [6.45, 7) is 7.37. The summed E-state index contributed by atoms with van der Waals surface area (Å²) in [6.07, 6.45) is -9.70. The second-order valence-electron chi connectivity index (χ2n) is 7.76. The molecule has 0 bridgehead atoms. The van der Waals surface area contributed by atoms with Crippen molar-refractivity contribution in [1.82, 2.24) is 0 Å². The lowest BCUT2D eigenvalue weighted by Crippen LogP contribution is -2.29. The molecular formula is C21H22F6O2. The normalized spacial score (nSPS) is 13.1. The van der Waals surface area contributed by atoms with E-state index in [1.54, 1.807) is 0 Å². The van der Waals surface area contributed by atoms with Gasteiger partial charge in [0.1, 0.15) is 11.5 Å². The summed E-state index contributed by atoms with van der Waals surface area (Å²) in [7, 11) is 0. The summed E-state index contributed by atoms with van der Waals surface area (Å²) in [6, 6.07) is 1.72. The maximum absolute atomic E-state index is 13.9. The minimum absolute atomic E-state index is 0.00384. The highest BCUT2D eigenvalue weighted by atomic mass is 19.4. The summed E-state index contributed by atoms with van der Waals surface area (Å²) < 4.78 is 83.2. The average Bonchev–Trinajstić information content (AvgIpc) is 2.54. The zero-order valence-electron chi connectivity index (χ0n) is 16.8. The van der Waals surface area contributed by atoms with E-state index >= 15 is 0 Å². The van der Waals surface area contributed by atoms with Crippen LogP contribution in [0.5, 0.6) is 11.5 Å². The number of rotatable bonds is 2. The van der Waals surface area contributed by atoms with E-state index in [2.05, 4.69) is 0 Å². The molecule has 0 aliphatic carbocycles. The van der Waals surface area contributed by atoms with Crippen molar-refractivity contribution in [2.75, 3.05) is 0 Å². The van der Waals surface area contributed by atoms with Gasteiger partial charge in [0.15, 0.2) is 0 Å². The van der Waals surface area contributed by atoms with Gasteiger partial charge in [-0.3, -0.25) is 0 Å². The zero-order chi connectivity index (χ0) is 22.7. The van der Waals surface area contributed by atoms with Gasteiger partial charge in [-0.15, -0.1) is 0 Å². The Balaban J connectivity index is 3.03. The first-order chi connectivity index (χ1) is 12.9. The van der Waals surface area contributed by atoms with Gasteiger partial charge in [0.2, 0.25) is 0 Å². The Morgan fingerprint density at radius 2 is 0.862 bits per heavy atom. The Bertz CT molecular complexity index is 892. The summed E-state index contributed by atoms with van der Waals surface area (Å²) in [5.41, 5.74) is -5.55. The van der Waals surface area contributed by atoms with Crippen LogP contribution < -0.4 is 0 Å². The smallest absolute Gasteiger partial charge is 0.416 e. The highest BCUT2D eigenvalue weighted by molar-refractivity contribution is 5.59. The number of phenolic OH excluding ortho intramolecular Hbond substituents is 2. The van der Waals surface area contributed by atoms with Crippen LogP contribution in [0.1, 0.15) is 58.4 Å². The van der Waals surface area contributed by atoms with Gasteiger partial charge in [0.25, 0.3) is 0 Å². The minimum atomic E-state index is -4.85. The van der Waals surface area contributed by atoms with E-state index in [9.17, 15) is 36.6 Å². The van der Waals surface area contributed by atoms with Crippen LogP contribution in [-0.2, 0) is 17.8 Å².